The van der Waals surface area contributed by atoms with Crippen molar-refractivity contribution in [3.8, 4) is 0 Å². The summed E-state index contributed by atoms with van der Waals surface area (Å²) in [7, 11) is 0. The zero-order valence-corrected chi connectivity index (χ0v) is 35.5. The van der Waals surface area contributed by atoms with E-state index in [1.165, 1.54) is 31.3 Å². The quantitative estimate of drug-likeness (QED) is 0.0871. The number of rotatable bonds is 15. The molecule has 0 aliphatic heterocycles. The number of carboxylic acid groups (broad SMARTS) is 1. The number of hydrogen-bond acceptors (Lipinski definition) is 5. The van der Waals surface area contributed by atoms with Gasteiger partial charge in [0.25, 0.3) is 0 Å². The molecule has 0 saturated heterocycles. The van der Waals surface area contributed by atoms with Gasteiger partial charge in [-0.25, -0.2) is 4.79 Å². The largest absolute Gasteiger partial charge is 0.480 e. The van der Waals surface area contributed by atoms with Gasteiger partial charge >= 0.3 is 11.9 Å². The highest BCUT2D eigenvalue weighted by Gasteiger charge is 2.72. The van der Waals surface area contributed by atoms with Crippen LogP contribution in [0.15, 0.2) is 12.2 Å². The summed E-state index contributed by atoms with van der Waals surface area (Å²) in [6.45, 7) is 25.4. The Kier molecular flexibility index (Phi) is 12.9. The van der Waals surface area contributed by atoms with Gasteiger partial charge in [0, 0.05) is 25.3 Å². The summed E-state index contributed by atoms with van der Waals surface area (Å²) < 4.78 is 5.96. The van der Waals surface area contributed by atoms with E-state index in [9.17, 15) is 24.3 Å². The van der Waals surface area contributed by atoms with Crippen molar-refractivity contribution in [1.82, 2.24) is 10.6 Å². The number of carbonyl (C=O) groups is 4. The van der Waals surface area contributed by atoms with E-state index >= 15 is 0 Å². The van der Waals surface area contributed by atoms with Gasteiger partial charge < -0.3 is 20.5 Å². The molecule has 0 aromatic rings. The molecule has 0 radical (unpaired) electrons. The molecule has 5 rings (SSSR count). The van der Waals surface area contributed by atoms with Gasteiger partial charge in [0.05, 0.1) is 5.41 Å². The zero-order valence-electron chi connectivity index (χ0n) is 35.5. The molecule has 306 valence electrons. The lowest BCUT2D eigenvalue weighted by Crippen LogP contribution is -2.67. The zero-order chi connectivity index (χ0) is 39.9. The second-order valence-electron chi connectivity index (χ2n) is 20.7. The maximum absolute atomic E-state index is 14.5. The first-order valence-corrected chi connectivity index (χ1v) is 21.9. The Bertz CT molecular complexity index is 1420. The molecule has 54 heavy (non-hydrogen) atoms. The average molecular weight is 753 g/mol. The minimum Gasteiger partial charge on any atom is -0.480 e. The van der Waals surface area contributed by atoms with Crippen LogP contribution in [0.3, 0.4) is 0 Å². The smallest absolute Gasteiger partial charge is 0.326 e. The van der Waals surface area contributed by atoms with Gasteiger partial charge in [0.2, 0.25) is 11.8 Å². The second kappa shape index (κ2) is 16.2. The fraction of sp³-hybridized carbons (Fsp3) is 0.870. The Morgan fingerprint density at radius 2 is 1.48 bits per heavy atom. The predicted octanol–water partition coefficient (Wildman–Crippen LogP) is 9.65. The van der Waals surface area contributed by atoms with Crippen LogP contribution in [0.4, 0.5) is 0 Å². The fourth-order valence-corrected chi connectivity index (χ4v) is 14.2. The number of ether oxygens (including phenoxy) is 1. The number of carbonyl (C=O) groups excluding carboxylic acids is 3. The molecule has 5 aliphatic carbocycles. The number of hydrogen-bond donors (Lipinski definition) is 3. The first kappa shape index (κ1) is 42.8. The van der Waals surface area contributed by atoms with Crippen molar-refractivity contribution in [3.05, 3.63) is 12.2 Å². The maximum Gasteiger partial charge on any atom is 0.326 e. The number of nitrogens with one attached hydrogen (secondary N) is 2. The van der Waals surface area contributed by atoms with Gasteiger partial charge in [0.15, 0.2) is 0 Å². The summed E-state index contributed by atoms with van der Waals surface area (Å²) in [5.41, 5.74) is 1.44. The van der Waals surface area contributed by atoms with Gasteiger partial charge in [-0.05, 0) is 142 Å². The van der Waals surface area contributed by atoms with Crippen molar-refractivity contribution in [3.63, 3.8) is 0 Å². The Balaban J connectivity index is 1.19. The van der Waals surface area contributed by atoms with E-state index in [0.29, 0.717) is 49.0 Å². The molecule has 5 fully saturated rings. The lowest BCUT2D eigenvalue weighted by atomic mass is 9.32. The molecule has 8 nitrogen and oxygen atoms in total. The minimum atomic E-state index is -0.973. The predicted molar refractivity (Wildman–Crippen MR) is 214 cm³/mol. The average Bonchev–Trinajstić information content (AvgIpc) is 3.48. The van der Waals surface area contributed by atoms with E-state index in [-0.39, 0.29) is 56.9 Å². The Hall–Kier alpha value is -2.38. The molecule has 3 N–H and O–H groups in total. The first-order valence-electron chi connectivity index (χ1n) is 21.9. The van der Waals surface area contributed by atoms with Crippen LogP contribution in [0.5, 0.6) is 0 Å². The number of unbranched alkanes of at least 4 members (excludes halogenated alkanes) is 4. The normalized spacial score (nSPS) is 38.6. The Morgan fingerprint density at radius 1 is 0.796 bits per heavy atom. The summed E-state index contributed by atoms with van der Waals surface area (Å²) in [4.78, 5) is 50.4. The summed E-state index contributed by atoms with van der Waals surface area (Å²) >= 11 is 0. The van der Waals surface area contributed by atoms with Gasteiger partial charge in [-0.2, -0.15) is 0 Å². The molecule has 5 saturated carbocycles. The van der Waals surface area contributed by atoms with Gasteiger partial charge in [0.1, 0.15) is 12.1 Å². The van der Waals surface area contributed by atoms with Crippen LogP contribution in [0.25, 0.3) is 0 Å². The van der Waals surface area contributed by atoms with Crippen molar-refractivity contribution in [2.75, 3.05) is 6.54 Å². The number of aliphatic carboxylic acids is 1. The van der Waals surface area contributed by atoms with Gasteiger partial charge in [-0.3, -0.25) is 14.4 Å². The van der Waals surface area contributed by atoms with Crippen LogP contribution in [-0.2, 0) is 23.9 Å². The molecule has 0 spiro atoms. The van der Waals surface area contributed by atoms with Crippen molar-refractivity contribution >= 4 is 23.8 Å². The second-order valence-corrected chi connectivity index (χ2v) is 20.7. The first-order chi connectivity index (χ1) is 25.2. The number of esters is 1. The van der Waals surface area contributed by atoms with E-state index < -0.39 is 12.0 Å². The number of carboxylic acids is 1. The fourth-order valence-electron chi connectivity index (χ4n) is 14.2. The lowest BCUT2D eigenvalue weighted by molar-refractivity contribution is -0.248. The highest BCUT2D eigenvalue weighted by molar-refractivity contribution is 5.84. The van der Waals surface area contributed by atoms with Crippen LogP contribution in [0.2, 0.25) is 0 Å². The third-order valence-electron chi connectivity index (χ3n) is 17.0. The Labute approximate surface area is 327 Å². The topological polar surface area (TPSA) is 122 Å². The van der Waals surface area contributed by atoms with Crippen LogP contribution < -0.4 is 10.6 Å². The molecule has 0 bridgehead atoms. The van der Waals surface area contributed by atoms with Crippen molar-refractivity contribution in [2.45, 2.75) is 184 Å². The summed E-state index contributed by atoms with van der Waals surface area (Å²) in [6, 6.07) is -0.821. The third-order valence-corrected chi connectivity index (χ3v) is 17.0. The van der Waals surface area contributed by atoms with Crippen LogP contribution >= 0.6 is 0 Å². The van der Waals surface area contributed by atoms with Gasteiger partial charge in [-0.1, -0.05) is 79.9 Å². The summed E-state index contributed by atoms with van der Waals surface area (Å²) in [5, 5.41) is 15.5. The van der Waals surface area contributed by atoms with E-state index in [4.69, 9.17) is 4.74 Å². The molecule has 2 amide bonds. The number of allylic oxidation sites excluding steroid dienone is 1. The molecule has 0 aromatic heterocycles. The van der Waals surface area contributed by atoms with Gasteiger partial charge in [-0.15, -0.1) is 0 Å². The molecule has 0 unspecified atom stereocenters. The summed E-state index contributed by atoms with van der Waals surface area (Å²) in [5.74, 6) is 1.52. The van der Waals surface area contributed by atoms with Crippen LogP contribution in [-0.4, -0.2) is 47.6 Å². The highest BCUT2D eigenvalue weighted by atomic mass is 16.5. The van der Waals surface area contributed by atoms with E-state index in [2.05, 4.69) is 58.8 Å². The monoisotopic (exact) mass is 753 g/mol. The lowest BCUT2D eigenvalue weighted by Gasteiger charge is -2.72. The standard InChI is InChI=1S/C46H76N2O6/c1-29(2)28-34(40(51)52)48-38(50)16-14-12-11-13-15-27-47-41(53)46-24-19-32(30(3)4)39(46)33-17-18-36-43(8)22-21-37(54-31(5)49)42(6,7)35(43)20-23-45(36,10)44(33,9)25-26-46/h29,32-37,39H,3,11-28H2,1-2,4-10H3,(H,47,53)(H,48,50)(H,51,52)/t32-,33+,34-,35-,36+,37-,39+,43-,44+,45+,46-/m0/s1. The molecule has 0 heterocycles. The SMILES string of the molecule is C=C(C)[C@@H]1CC[C@]2(C(=O)NCCCCCCCC(=O)N[C@@H](CC(C)C)C(=O)O)CC[C@]3(C)[C@H](CC[C@@H]4[C@@]5(C)CC[C@H](OC(C)=O)C(C)(C)[C@@H]5CC[C@]43C)[C@@H]12. The molecule has 0 aromatic carbocycles. The maximum atomic E-state index is 14.5. The number of fused-ring (bicyclic) bond motifs is 7. The molecular formula is C46H76N2O6. The van der Waals surface area contributed by atoms with Crippen molar-refractivity contribution in [1.29, 1.82) is 0 Å². The molecule has 8 heteroatoms. The van der Waals surface area contributed by atoms with Crippen LogP contribution in [0, 0.1) is 62.6 Å². The molecule has 5 aliphatic rings. The minimum absolute atomic E-state index is 0.0132. The Morgan fingerprint density at radius 3 is 2.13 bits per heavy atom. The third kappa shape index (κ3) is 7.68. The van der Waals surface area contributed by atoms with Crippen molar-refractivity contribution in [2.24, 2.45) is 62.6 Å². The number of amides is 2. The van der Waals surface area contributed by atoms with E-state index in [1.54, 1.807) is 6.92 Å². The van der Waals surface area contributed by atoms with Crippen molar-refractivity contribution < 1.29 is 29.0 Å². The van der Waals surface area contributed by atoms with E-state index in [0.717, 1.165) is 70.6 Å². The summed E-state index contributed by atoms with van der Waals surface area (Å²) in [6.07, 6.45) is 16.3. The van der Waals surface area contributed by atoms with E-state index in [1.807, 2.05) is 13.8 Å². The molecular weight excluding hydrogens is 677 g/mol. The van der Waals surface area contributed by atoms with Crippen LogP contribution in [0.1, 0.15) is 171 Å². The highest BCUT2D eigenvalue weighted by Crippen LogP contribution is 2.77. The molecule has 11 atom stereocenters.